The average molecular weight is 300 g/mol. The number of Topliss-reactive ketones (excluding diaryl/α,β-unsaturated/α-hetero) is 1. The number of ketones is 1. The number of hydrogen-bond acceptors (Lipinski definition) is 6. The molecule has 0 rings (SSSR count). The zero-order chi connectivity index (χ0) is 16.5. The Hall–Kier alpha value is -1.31. The van der Waals surface area contributed by atoms with E-state index in [1.165, 1.54) is 0 Å². The van der Waals surface area contributed by atoms with Gasteiger partial charge in [-0.2, -0.15) is 0 Å². The molecule has 0 fully saturated rings. The van der Waals surface area contributed by atoms with E-state index in [1.54, 1.807) is 20.1 Å². The van der Waals surface area contributed by atoms with Crippen molar-refractivity contribution in [3.63, 3.8) is 0 Å². The van der Waals surface area contributed by atoms with Crippen molar-refractivity contribution in [3.05, 3.63) is 0 Å². The maximum atomic E-state index is 12.3. The van der Waals surface area contributed by atoms with Gasteiger partial charge in [-0.05, 0) is 31.7 Å². The second-order valence-corrected chi connectivity index (χ2v) is 5.43. The molecule has 2 atom stereocenters. The third kappa shape index (κ3) is 5.91. The van der Waals surface area contributed by atoms with E-state index < -0.39 is 23.3 Å². The number of amides is 1. The zero-order valence-electron chi connectivity index (χ0n) is 12.7. The Kier molecular flexibility index (Phi) is 9.00. The summed E-state index contributed by atoms with van der Waals surface area (Å²) in [5.41, 5.74) is 9.62. The van der Waals surface area contributed by atoms with Crippen LogP contribution in [-0.4, -0.2) is 47.8 Å². The molecule has 0 aliphatic carbocycles. The summed E-state index contributed by atoms with van der Waals surface area (Å²) in [6.45, 7) is 3.55. The molecule has 21 heavy (non-hydrogen) atoms. The van der Waals surface area contributed by atoms with E-state index in [4.69, 9.17) is 16.6 Å². The van der Waals surface area contributed by atoms with Crippen LogP contribution in [0.4, 0.5) is 0 Å². The summed E-state index contributed by atoms with van der Waals surface area (Å²) in [6, 6.07) is -0.822. The summed E-state index contributed by atoms with van der Waals surface area (Å²) < 4.78 is 0. The third-order valence-electron chi connectivity index (χ3n) is 3.35. The summed E-state index contributed by atoms with van der Waals surface area (Å²) in [5.74, 6) is -1.42. The quantitative estimate of drug-likeness (QED) is 0.286. The smallest absolute Gasteiger partial charge is 0.248 e. The lowest BCUT2D eigenvalue weighted by Gasteiger charge is -2.28. The van der Waals surface area contributed by atoms with E-state index in [9.17, 15) is 14.4 Å². The van der Waals surface area contributed by atoms with E-state index in [2.05, 4.69) is 5.32 Å². The molecule has 0 saturated carbocycles. The highest BCUT2D eigenvalue weighted by atomic mass is 16.3. The van der Waals surface area contributed by atoms with Crippen LogP contribution in [0.25, 0.3) is 0 Å². The first-order chi connectivity index (χ1) is 9.83. The molecule has 1 amide bonds. The Bertz CT molecular complexity index is 360. The molecular formula is C14H26N3O4. The van der Waals surface area contributed by atoms with Crippen LogP contribution in [0.5, 0.6) is 0 Å². The Balaban J connectivity index is 5.04. The maximum Gasteiger partial charge on any atom is 0.248 e. The van der Waals surface area contributed by atoms with Crippen LogP contribution in [0.1, 0.15) is 39.5 Å². The Morgan fingerprint density at radius 1 is 1.33 bits per heavy atom. The minimum absolute atomic E-state index is 0.124. The minimum atomic E-state index is -1.75. The lowest BCUT2D eigenvalue weighted by Crippen LogP contribution is -2.62. The molecule has 0 aromatic rings. The van der Waals surface area contributed by atoms with Crippen LogP contribution in [0.2, 0.25) is 0 Å². The van der Waals surface area contributed by atoms with Crippen LogP contribution in [0.15, 0.2) is 0 Å². The second kappa shape index (κ2) is 9.59. The lowest BCUT2D eigenvalue weighted by molar-refractivity contribution is -0.137. The molecule has 0 aliphatic heterocycles. The molecule has 121 valence electrons. The molecule has 0 spiro atoms. The van der Waals surface area contributed by atoms with Gasteiger partial charge in [-0.3, -0.25) is 14.4 Å². The van der Waals surface area contributed by atoms with E-state index in [0.29, 0.717) is 19.4 Å². The molecule has 0 bridgehead atoms. The molecule has 7 nitrogen and oxygen atoms in total. The second-order valence-electron chi connectivity index (χ2n) is 5.43. The number of aliphatic hydroxyl groups is 1. The molecule has 0 aliphatic rings. The molecule has 0 heterocycles. The third-order valence-corrected chi connectivity index (χ3v) is 3.35. The Labute approximate surface area is 125 Å². The van der Waals surface area contributed by atoms with Gasteiger partial charge in [0.15, 0.2) is 11.3 Å². The van der Waals surface area contributed by atoms with E-state index in [-0.39, 0.29) is 25.4 Å². The average Bonchev–Trinajstić information content (AvgIpc) is 2.44. The molecule has 7 heteroatoms. The standard InChI is InChI=1S/C14H26N3O4/c1-10(2)11(9-19)17-13(21)14(16,6-3-4-7-15)12(20)5-8-18/h10-11,18H,3-8,15-16H2,1-2H3,(H,17,21)/t11-,14-/m1/s1. The van der Waals surface area contributed by atoms with Crippen LogP contribution >= 0.6 is 0 Å². The van der Waals surface area contributed by atoms with Crippen molar-refractivity contribution in [1.29, 1.82) is 0 Å². The van der Waals surface area contributed by atoms with Crippen molar-refractivity contribution in [2.75, 3.05) is 13.2 Å². The Morgan fingerprint density at radius 3 is 2.38 bits per heavy atom. The number of nitrogens with two attached hydrogens (primary N) is 2. The van der Waals surface area contributed by atoms with Gasteiger partial charge >= 0.3 is 0 Å². The van der Waals surface area contributed by atoms with Gasteiger partial charge in [0.2, 0.25) is 12.2 Å². The van der Waals surface area contributed by atoms with Gasteiger partial charge in [0.1, 0.15) is 0 Å². The highest BCUT2D eigenvalue weighted by molar-refractivity contribution is 6.10. The van der Waals surface area contributed by atoms with Gasteiger partial charge in [-0.25, -0.2) is 0 Å². The van der Waals surface area contributed by atoms with E-state index >= 15 is 0 Å². The molecule has 0 saturated heterocycles. The van der Waals surface area contributed by atoms with Crippen molar-refractivity contribution in [3.8, 4) is 0 Å². The first kappa shape index (κ1) is 19.7. The number of nitrogens with one attached hydrogen (secondary N) is 1. The molecular weight excluding hydrogens is 274 g/mol. The largest absolute Gasteiger partial charge is 0.396 e. The fraction of sp³-hybridized carbons (Fsp3) is 0.786. The minimum Gasteiger partial charge on any atom is -0.396 e. The van der Waals surface area contributed by atoms with Crippen LogP contribution in [0.3, 0.4) is 0 Å². The van der Waals surface area contributed by atoms with Crippen molar-refractivity contribution in [2.24, 2.45) is 17.4 Å². The first-order valence-electron chi connectivity index (χ1n) is 7.15. The molecule has 0 aromatic heterocycles. The van der Waals surface area contributed by atoms with E-state index in [0.717, 1.165) is 0 Å². The van der Waals surface area contributed by atoms with Gasteiger partial charge in [0.25, 0.3) is 0 Å². The van der Waals surface area contributed by atoms with Gasteiger partial charge in [-0.15, -0.1) is 0 Å². The summed E-state index contributed by atoms with van der Waals surface area (Å²) in [4.78, 5) is 35.2. The first-order valence-corrected chi connectivity index (χ1v) is 7.15. The van der Waals surface area contributed by atoms with Gasteiger partial charge < -0.3 is 21.9 Å². The van der Waals surface area contributed by atoms with E-state index in [1.807, 2.05) is 0 Å². The number of carbonyl (C=O) groups is 2. The number of aliphatic hydroxyl groups excluding tert-OH is 1. The van der Waals surface area contributed by atoms with Crippen molar-refractivity contribution >= 4 is 18.0 Å². The molecule has 1 radical (unpaired) electrons. The monoisotopic (exact) mass is 300 g/mol. The predicted octanol–water partition coefficient (Wildman–Crippen LogP) is -0.985. The van der Waals surface area contributed by atoms with Crippen LogP contribution in [-0.2, 0) is 14.4 Å². The fourth-order valence-electron chi connectivity index (χ4n) is 1.85. The number of hydrogen-bond donors (Lipinski definition) is 4. The van der Waals surface area contributed by atoms with Crippen LogP contribution < -0.4 is 16.8 Å². The highest BCUT2D eigenvalue weighted by Crippen LogP contribution is 2.16. The topological polar surface area (TPSA) is 136 Å². The van der Waals surface area contributed by atoms with Gasteiger partial charge in [0, 0.05) is 6.42 Å². The predicted molar refractivity (Wildman–Crippen MR) is 79.0 cm³/mol. The highest BCUT2D eigenvalue weighted by Gasteiger charge is 2.41. The van der Waals surface area contributed by atoms with Crippen molar-refractivity contribution in [1.82, 2.24) is 5.32 Å². The number of carbonyl (C=O) groups excluding carboxylic acids is 3. The summed E-state index contributed by atoms with van der Waals surface area (Å²) >= 11 is 0. The molecule has 0 aromatic carbocycles. The van der Waals surface area contributed by atoms with Crippen LogP contribution in [0, 0.1) is 5.92 Å². The lowest BCUT2D eigenvalue weighted by atomic mass is 9.86. The SMILES string of the molecule is CC(C)[C@@H]([C]=O)NC(=O)[C@@](N)(CCCCN)C(=O)CCO. The number of rotatable bonds is 11. The summed E-state index contributed by atoms with van der Waals surface area (Å²) in [7, 11) is 0. The van der Waals surface area contributed by atoms with Gasteiger partial charge in [-0.1, -0.05) is 13.8 Å². The summed E-state index contributed by atoms with van der Waals surface area (Å²) in [5, 5.41) is 11.3. The van der Waals surface area contributed by atoms with Crippen molar-refractivity contribution in [2.45, 2.75) is 51.1 Å². The normalized spacial score (nSPS) is 15.3. The maximum absolute atomic E-state index is 12.3. The van der Waals surface area contributed by atoms with Gasteiger partial charge in [0.05, 0.1) is 12.6 Å². The molecule has 6 N–H and O–H groups in total. The van der Waals surface area contributed by atoms with Crippen molar-refractivity contribution < 1.29 is 19.5 Å². The number of unbranched alkanes of at least 4 members (excludes halogenated alkanes) is 1. The zero-order valence-corrected chi connectivity index (χ0v) is 12.7. The molecule has 0 unspecified atom stereocenters. The fourth-order valence-corrected chi connectivity index (χ4v) is 1.85. The Morgan fingerprint density at radius 2 is 1.95 bits per heavy atom. The summed E-state index contributed by atoms with van der Waals surface area (Å²) in [6.07, 6.45) is 2.78.